The number of piperidine rings is 1. The summed E-state index contributed by atoms with van der Waals surface area (Å²) in [5, 5.41) is 14.6. The number of likely N-dealkylation sites (tertiary alicyclic amines) is 1. The van der Waals surface area contributed by atoms with Crippen LogP contribution in [0.15, 0.2) is 47.3 Å². The molecular formula is C20H22N4O3. The van der Waals surface area contributed by atoms with Gasteiger partial charge in [0.15, 0.2) is 0 Å². The molecule has 1 aromatic carbocycles. The molecule has 0 saturated carbocycles. The number of nitrogens with one attached hydrogen (secondary N) is 1. The van der Waals surface area contributed by atoms with Crippen LogP contribution in [0.3, 0.4) is 0 Å². The Labute approximate surface area is 156 Å². The van der Waals surface area contributed by atoms with Gasteiger partial charge in [0.2, 0.25) is 0 Å². The second-order valence-corrected chi connectivity index (χ2v) is 7.19. The number of aromatic amines is 1. The van der Waals surface area contributed by atoms with Gasteiger partial charge >= 0.3 is 6.09 Å². The molecule has 0 spiro atoms. The van der Waals surface area contributed by atoms with Crippen molar-refractivity contribution >= 4 is 11.7 Å². The van der Waals surface area contributed by atoms with Crippen LogP contribution in [0.25, 0.3) is 5.65 Å². The van der Waals surface area contributed by atoms with Gasteiger partial charge in [-0.15, -0.1) is 0 Å². The molecule has 1 unspecified atom stereocenters. The van der Waals surface area contributed by atoms with E-state index in [4.69, 9.17) is 5.10 Å². The molecule has 0 aliphatic carbocycles. The van der Waals surface area contributed by atoms with Crippen LogP contribution in [-0.2, 0) is 12.0 Å². The van der Waals surface area contributed by atoms with Crippen molar-refractivity contribution in [2.24, 2.45) is 0 Å². The molecule has 140 valence electrons. The van der Waals surface area contributed by atoms with E-state index in [9.17, 15) is 14.7 Å². The number of aromatic nitrogens is 3. The van der Waals surface area contributed by atoms with Crippen molar-refractivity contribution in [1.82, 2.24) is 19.5 Å². The molecule has 3 aromatic rings. The average molecular weight is 366 g/mol. The summed E-state index contributed by atoms with van der Waals surface area (Å²) >= 11 is 0. The third-order valence-electron chi connectivity index (χ3n) is 5.42. The summed E-state index contributed by atoms with van der Waals surface area (Å²) in [6.07, 6.45) is 2.08. The number of hydrogen-bond acceptors (Lipinski definition) is 3. The number of carbonyl (C=O) groups is 1. The minimum Gasteiger partial charge on any atom is -0.465 e. The summed E-state index contributed by atoms with van der Waals surface area (Å²) in [4.78, 5) is 28.3. The number of amides is 1. The first kappa shape index (κ1) is 17.3. The number of carboxylic acid groups (broad SMARTS) is 1. The highest BCUT2D eigenvalue weighted by molar-refractivity contribution is 5.67. The zero-order valence-electron chi connectivity index (χ0n) is 15.2. The van der Waals surface area contributed by atoms with E-state index < -0.39 is 11.6 Å². The Bertz CT molecular complexity index is 1040. The fourth-order valence-corrected chi connectivity index (χ4v) is 4.17. The standard InChI is InChI=1S/C20H22N4O3/c1-14-11-18(25)21-17-12-16(22-24(14)17)20(13-15-7-3-2-4-8-15)9-5-6-10-23(20)19(26)27/h2-4,7-8,11-12H,5-6,9-10,13H2,1H3,(H,21,25)(H,26,27). The molecule has 1 saturated heterocycles. The summed E-state index contributed by atoms with van der Waals surface area (Å²) in [5.74, 6) is 0. The monoisotopic (exact) mass is 366 g/mol. The van der Waals surface area contributed by atoms with Crippen LogP contribution in [0.1, 0.15) is 36.2 Å². The van der Waals surface area contributed by atoms with Gasteiger partial charge in [0.05, 0.1) is 11.2 Å². The number of H-pyrrole nitrogens is 1. The Morgan fingerprint density at radius 1 is 1.26 bits per heavy atom. The van der Waals surface area contributed by atoms with Crippen LogP contribution in [0.5, 0.6) is 0 Å². The molecule has 0 radical (unpaired) electrons. The molecular weight excluding hydrogens is 344 g/mol. The summed E-state index contributed by atoms with van der Waals surface area (Å²) in [6.45, 7) is 2.30. The lowest BCUT2D eigenvalue weighted by atomic mass is 9.79. The van der Waals surface area contributed by atoms with Crippen molar-refractivity contribution in [3.63, 3.8) is 0 Å². The molecule has 1 amide bonds. The van der Waals surface area contributed by atoms with Gasteiger partial charge in [0, 0.05) is 30.8 Å². The normalized spacial score (nSPS) is 20.1. The number of benzene rings is 1. The van der Waals surface area contributed by atoms with E-state index in [1.165, 1.54) is 11.0 Å². The van der Waals surface area contributed by atoms with Crippen molar-refractivity contribution in [1.29, 1.82) is 0 Å². The van der Waals surface area contributed by atoms with E-state index in [0.29, 0.717) is 36.4 Å². The molecule has 3 heterocycles. The zero-order chi connectivity index (χ0) is 19.0. The SMILES string of the molecule is Cc1cc(=O)[nH]c2cc(C3(Cc4ccccc4)CCCCN3C(=O)O)nn12. The van der Waals surface area contributed by atoms with Crippen LogP contribution < -0.4 is 5.56 Å². The highest BCUT2D eigenvalue weighted by atomic mass is 16.4. The lowest BCUT2D eigenvalue weighted by Gasteiger charge is -2.45. The van der Waals surface area contributed by atoms with E-state index in [1.807, 2.05) is 43.3 Å². The highest BCUT2D eigenvalue weighted by Gasteiger charge is 2.45. The van der Waals surface area contributed by atoms with Gasteiger partial charge in [-0.1, -0.05) is 30.3 Å². The quantitative estimate of drug-likeness (QED) is 0.746. The molecule has 4 rings (SSSR count). The van der Waals surface area contributed by atoms with Gasteiger partial charge in [-0.25, -0.2) is 9.31 Å². The Morgan fingerprint density at radius 3 is 2.78 bits per heavy atom. The number of rotatable bonds is 3. The zero-order valence-corrected chi connectivity index (χ0v) is 15.2. The van der Waals surface area contributed by atoms with Gasteiger partial charge in [-0.05, 0) is 31.7 Å². The molecule has 27 heavy (non-hydrogen) atoms. The predicted octanol–water partition coefficient (Wildman–Crippen LogP) is 2.93. The van der Waals surface area contributed by atoms with Crippen molar-refractivity contribution in [3.05, 3.63) is 69.8 Å². The number of nitrogens with zero attached hydrogens (tertiary/aromatic N) is 3. The third-order valence-corrected chi connectivity index (χ3v) is 5.42. The summed E-state index contributed by atoms with van der Waals surface area (Å²) in [5.41, 5.74) is 2.10. The van der Waals surface area contributed by atoms with Gasteiger partial charge < -0.3 is 10.1 Å². The maximum Gasteiger partial charge on any atom is 0.408 e. The minimum absolute atomic E-state index is 0.192. The maximum atomic E-state index is 12.1. The van der Waals surface area contributed by atoms with Gasteiger partial charge in [0.25, 0.3) is 5.56 Å². The summed E-state index contributed by atoms with van der Waals surface area (Å²) in [6, 6.07) is 13.2. The minimum atomic E-state index is -0.937. The molecule has 1 aliphatic heterocycles. The lowest BCUT2D eigenvalue weighted by molar-refractivity contribution is 0.0415. The topological polar surface area (TPSA) is 90.7 Å². The fourth-order valence-electron chi connectivity index (χ4n) is 4.17. The summed E-state index contributed by atoms with van der Waals surface area (Å²) in [7, 11) is 0. The van der Waals surface area contributed by atoms with E-state index in [1.54, 1.807) is 4.52 Å². The predicted molar refractivity (Wildman–Crippen MR) is 101 cm³/mol. The molecule has 0 bridgehead atoms. The first-order chi connectivity index (χ1) is 13.0. The van der Waals surface area contributed by atoms with E-state index >= 15 is 0 Å². The molecule has 1 atom stereocenters. The van der Waals surface area contributed by atoms with E-state index in [2.05, 4.69) is 4.98 Å². The van der Waals surface area contributed by atoms with Crippen molar-refractivity contribution in [2.45, 2.75) is 38.1 Å². The fraction of sp³-hybridized carbons (Fsp3) is 0.350. The second kappa shape index (κ2) is 6.57. The van der Waals surface area contributed by atoms with Gasteiger partial charge in [-0.3, -0.25) is 9.69 Å². The van der Waals surface area contributed by atoms with Crippen LogP contribution in [-0.4, -0.2) is 37.2 Å². The lowest BCUT2D eigenvalue weighted by Crippen LogP contribution is -2.53. The molecule has 7 heteroatoms. The van der Waals surface area contributed by atoms with Crippen LogP contribution in [0.4, 0.5) is 4.79 Å². The van der Waals surface area contributed by atoms with Crippen molar-refractivity contribution in [2.75, 3.05) is 6.54 Å². The Balaban J connectivity index is 1.91. The molecule has 7 nitrogen and oxygen atoms in total. The van der Waals surface area contributed by atoms with E-state index in [-0.39, 0.29) is 5.56 Å². The largest absolute Gasteiger partial charge is 0.465 e. The second-order valence-electron chi connectivity index (χ2n) is 7.19. The summed E-state index contributed by atoms with van der Waals surface area (Å²) < 4.78 is 1.68. The molecule has 2 aromatic heterocycles. The highest BCUT2D eigenvalue weighted by Crippen LogP contribution is 2.40. The first-order valence-electron chi connectivity index (χ1n) is 9.14. The third kappa shape index (κ3) is 2.99. The number of aryl methyl sites for hydroxylation is 1. The van der Waals surface area contributed by atoms with Crippen LogP contribution >= 0.6 is 0 Å². The molecule has 1 fully saturated rings. The smallest absolute Gasteiger partial charge is 0.408 e. The van der Waals surface area contributed by atoms with Gasteiger partial charge in [-0.2, -0.15) is 5.10 Å². The Hall–Kier alpha value is -3.09. The van der Waals surface area contributed by atoms with Crippen LogP contribution in [0.2, 0.25) is 0 Å². The maximum absolute atomic E-state index is 12.1. The molecule has 2 N–H and O–H groups in total. The Morgan fingerprint density at radius 2 is 2.04 bits per heavy atom. The number of hydrogen-bond donors (Lipinski definition) is 2. The van der Waals surface area contributed by atoms with E-state index in [0.717, 1.165) is 18.4 Å². The number of fused-ring (bicyclic) bond motifs is 1. The van der Waals surface area contributed by atoms with Gasteiger partial charge in [0.1, 0.15) is 5.65 Å². The van der Waals surface area contributed by atoms with Crippen molar-refractivity contribution in [3.8, 4) is 0 Å². The van der Waals surface area contributed by atoms with Crippen LogP contribution in [0, 0.1) is 6.92 Å². The molecule has 1 aliphatic rings. The first-order valence-corrected chi connectivity index (χ1v) is 9.14. The Kier molecular flexibility index (Phi) is 4.22. The average Bonchev–Trinajstić information content (AvgIpc) is 3.08. The van der Waals surface area contributed by atoms with Crippen molar-refractivity contribution < 1.29 is 9.90 Å².